The molecular formula is C15H14N2. The van der Waals surface area contributed by atoms with E-state index in [1.54, 1.807) is 0 Å². The first-order valence-electron chi connectivity index (χ1n) is 5.77. The zero-order valence-electron chi connectivity index (χ0n) is 9.75. The number of hydrogen-bond donors (Lipinski definition) is 0. The number of anilines is 1. The van der Waals surface area contributed by atoms with Crippen LogP contribution in [0.3, 0.4) is 0 Å². The summed E-state index contributed by atoms with van der Waals surface area (Å²) in [5, 5.41) is 0. The maximum atomic E-state index is 4.54. The first kappa shape index (κ1) is 10.1. The minimum absolute atomic E-state index is 0.251. The Balaban J connectivity index is 1.75. The van der Waals surface area contributed by atoms with Gasteiger partial charge in [0.15, 0.2) is 0 Å². The van der Waals surface area contributed by atoms with Crippen molar-refractivity contribution in [3.8, 4) is 0 Å². The molecule has 0 aliphatic carbocycles. The van der Waals surface area contributed by atoms with Crippen LogP contribution in [0.25, 0.3) is 0 Å². The molecule has 0 aromatic heterocycles. The van der Waals surface area contributed by atoms with Crippen LogP contribution in [-0.2, 0) is 0 Å². The van der Waals surface area contributed by atoms with E-state index in [0.29, 0.717) is 0 Å². The summed E-state index contributed by atoms with van der Waals surface area (Å²) in [5.41, 5.74) is 2.45. The zero-order valence-corrected chi connectivity index (χ0v) is 9.75. The normalized spacial score (nSPS) is 17.5. The Morgan fingerprint density at radius 1 is 0.882 bits per heavy atom. The van der Waals surface area contributed by atoms with Gasteiger partial charge in [0.2, 0.25) is 0 Å². The van der Waals surface area contributed by atoms with E-state index in [-0.39, 0.29) is 6.04 Å². The maximum absolute atomic E-state index is 4.54. The van der Waals surface area contributed by atoms with Crippen LogP contribution in [0.5, 0.6) is 0 Å². The number of likely N-dealkylation sites (N-methyl/N-ethyl adjacent to an activating group) is 1. The second-order valence-corrected chi connectivity index (χ2v) is 4.20. The molecule has 0 saturated heterocycles. The lowest BCUT2D eigenvalue weighted by molar-refractivity contribution is 1.11. The Hall–Kier alpha value is -2.09. The minimum Gasteiger partial charge on any atom is -0.331 e. The van der Waals surface area contributed by atoms with Crippen LogP contribution in [0, 0.1) is 0 Å². The molecule has 17 heavy (non-hydrogen) atoms. The predicted octanol–water partition coefficient (Wildman–Crippen LogP) is 3.28. The highest BCUT2D eigenvalue weighted by Crippen LogP contribution is 2.34. The Bertz CT molecular complexity index is 531. The number of hydrogen-bond acceptors (Lipinski definition) is 2. The molecule has 0 spiro atoms. The largest absolute Gasteiger partial charge is 0.331 e. The highest BCUT2D eigenvalue weighted by molar-refractivity contribution is 6.10. The number of para-hydroxylation sites is 1. The van der Waals surface area contributed by atoms with Crippen molar-refractivity contribution in [1.29, 1.82) is 0 Å². The second kappa shape index (κ2) is 4.06. The molecule has 0 amide bonds. The third-order valence-electron chi connectivity index (χ3n) is 3.04. The van der Waals surface area contributed by atoms with Crippen LogP contribution in [0.2, 0.25) is 0 Å². The Morgan fingerprint density at radius 2 is 1.47 bits per heavy atom. The molecule has 0 bridgehead atoms. The van der Waals surface area contributed by atoms with Gasteiger partial charge in [0, 0.05) is 12.7 Å². The fraction of sp³-hybridized carbons (Fsp3) is 0.133. The molecule has 1 atom stereocenters. The number of nitrogens with zero attached hydrogens (tertiary/aromatic N) is 2. The van der Waals surface area contributed by atoms with E-state index in [0.717, 1.165) is 5.84 Å². The lowest BCUT2D eigenvalue weighted by atomic mass is 10.1. The molecule has 0 saturated carbocycles. The van der Waals surface area contributed by atoms with Crippen molar-refractivity contribution in [2.24, 2.45) is 4.99 Å². The SMILES string of the molecule is CN(C1=NC1c1ccccc1)c1ccccc1. The number of rotatable bonds is 2. The van der Waals surface area contributed by atoms with Crippen LogP contribution in [-0.4, -0.2) is 12.9 Å². The van der Waals surface area contributed by atoms with E-state index < -0.39 is 0 Å². The number of amidine groups is 1. The number of aliphatic imine (C=N–C) groups is 1. The van der Waals surface area contributed by atoms with Crippen molar-refractivity contribution in [1.82, 2.24) is 0 Å². The zero-order chi connectivity index (χ0) is 11.7. The van der Waals surface area contributed by atoms with E-state index >= 15 is 0 Å². The summed E-state index contributed by atoms with van der Waals surface area (Å²) in [6.07, 6.45) is 0. The predicted molar refractivity (Wildman–Crippen MR) is 71.5 cm³/mol. The third kappa shape index (κ3) is 1.94. The minimum atomic E-state index is 0.251. The van der Waals surface area contributed by atoms with E-state index in [2.05, 4.69) is 53.3 Å². The van der Waals surface area contributed by atoms with E-state index in [1.807, 2.05) is 24.3 Å². The summed E-state index contributed by atoms with van der Waals surface area (Å²) < 4.78 is 0. The lowest BCUT2D eigenvalue weighted by Crippen LogP contribution is -2.20. The second-order valence-electron chi connectivity index (χ2n) is 4.20. The number of benzene rings is 2. The van der Waals surface area contributed by atoms with Crippen molar-refractivity contribution in [3.05, 3.63) is 66.2 Å². The molecular weight excluding hydrogens is 208 g/mol. The van der Waals surface area contributed by atoms with Crippen LogP contribution in [0.15, 0.2) is 65.7 Å². The molecule has 1 aliphatic heterocycles. The smallest absolute Gasteiger partial charge is 0.135 e. The molecule has 1 aliphatic rings. The summed E-state index contributed by atoms with van der Waals surface area (Å²) in [6, 6.07) is 21.0. The van der Waals surface area contributed by atoms with Gasteiger partial charge in [-0.3, -0.25) is 4.99 Å². The summed E-state index contributed by atoms with van der Waals surface area (Å²) in [6.45, 7) is 0. The van der Waals surface area contributed by atoms with E-state index in [1.165, 1.54) is 11.3 Å². The van der Waals surface area contributed by atoms with Crippen LogP contribution in [0.1, 0.15) is 11.6 Å². The Kier molecular flexibility index (Phi) is 2.41. The van der Waals surface area contributed by atoms with E-state index in [4.69, 9.17) is 0 Å². The summed E-state index contributed by atoms with van der Waals surface area (Å²) in [5.74, 6) is 1.14. The topological polar surface area (TPSA) is 15.6 Å². The average molecular weight is 222 g/mol. The molecule has 0 radical (unpaired) electrons. The van der Waals surface area contributed by atoms with Crippen LogP contribution < -0.4 is 4.90 Å². The quantitative estimate of drug-likeness (QED) is 0.761. The van der Waals surface area contributed by atoms with Gasteiger partial charge >= 0.3 is 0 Å². The van der Waals surface area contributed by atoms with Gasteiger partial charge in [-0.25, -0.2) is 0 Å². The van der Waals surface area contributed by atoms with Gasteiger partial charge in [-0.15, -0.1) is 0 Å². The van der Waals surface area contributed by atoms with Gasteiger partial charge in [0.25, 0.3) is 0 Å². The lowest BCUT2D eigenvalue weighted by Gasteiger charge is -2.14. The molecule has 3 rings (SSSR count). The molecule has 2 aromatic carbocycles. The molecule has 2 nitrogen and oxygen atoms in total. The Labute approximate surface area is 101 Å². The van der Waals surface area contributed by atoms with Crippen molar-refractivity contribution in [3.63, 3.8) is 0 Å². The van der Waals surface area contributed by atoms with E-state index in [9.17, 15) is 0 Å². The highest BCUT2D eigenvalue weighted by atomic mass is 15.3. The van der Waals surface area contributed by atoms with Crippen molar-refractivity contribution >= 4 is 11.5 Å². The van der Waals surface area contributed by atoms with Crippen LogP contribution in [0.4, 0.5) is 5.69 Å². The van der Waals surface area contributed by atoms with Gasteiger partial charge in [0.05, 0.1) is 0 Å². The molecule has 0 N–H and O–H groups in total. The molecule has 2 aromatic rings. The van der Waals surface area contributed by atoms with Gasteiger partial charge in [-0.1, -0.05) is 48.5 Å². The average Bonchev–Trinajstić information content (AvgIpc) is 3.20. The molecule has 2 heteroatoms. The van der Waals surface area contributed by atoms with Gasteiger partial charge in [-0.2, -0.15) is 0 Å². The molecule has 1 unspecified atom stereocenters. The summed E-state index contributed by atoms with van der Waals surface area (Å²) in [7, 11) is 2.07. The third-order valence-corrected chi connectivity index (χ3v) is 3.04. The van der Waals surface area contributed by atoms with Crippen molar-refractivity contribution < 1.29 is 0 Å². The fourth-order valence-electron chi connectivity index (χ4n) is 2.01. The van der Waals surface area contributed by atoms with Gasteiger partial charge < -0.3 is 4.90 Å². The molecule has 84 valence electrons. The van der Waals surface area contributed by atoms with Crippen LogP contribution >= 0.6 is 0 Å². The first-order chi connectivity index (χ1) is 8.36. The molecule has 1 heterocycles. The Morgan fingerprint density at radius 3 is 2.12 bits per heavy atom. The maximum Gasteiger partial charge on any atom is 0.135 e. The fourth-order valence-corrected chi connectivity index (χ4v) is 2.01. The standard InChI is InChI=1S/C15H14N2/c1-17(13-10-6-3-7-11-13)15-14(16-15)12-8-4-2-5-9-12/h2-11,14H,1H3. The van der Waals surface area contributed by atoms with Gasteiger partial charge in [0.1, 0.15) is 11.9 Å². The van der Waals surface area contributed by atoms with Gasteiger partial charge in [-0.05, 0) is 17.7 Å². The molecule has 0 fully saturated rings. The monoisotopic (exact) mass is 222 g/mol. The summed E-state index contributed by atoms with van der Waals surface area (Å²) >= 11 is 0. The first-order valence-corrected chi connectivity index (χ1v) is 5.77. The van der Waals surface area contributed by atoms with Crippen molar-refractivity contribution in [2.75, 3.05) is 11.9 Å². The summed E-state index contributed by atoms with van der Waals surface area (Å²) in [4.78, 5) is 6.69. The van der Waals surface area contributed by atoms with Crippen molar-refractivity contribution in [2.45, 2.75) is 6.04 Å². The highest BCUT2D eigenvalue weighted by Gasteiger charge is 2.32.